The minimum absolute atomic E-state index is 0.0202. The van der Waals surface area contributed by atoms with E-state index in [-0.39, 0.29) is 5.91 Å². The maximum absolute atomic E-state index is 12.1. The molecule has 3 atom stereocenters. The Morgan fingerprint density at radius 1 is 1.35 bits per heavy atom. The van der Waals surface area contributed by atoms with Gasteiger partial charge in [0.15, 0.2) is 0 Å². The van der Waals surface area contributed by atoms with Gasteiger partial charge >= 0.3 is 0 Å². The van der Waals surface area contributed by atoms with E-state index in [1.807, 2.05) is 24.3 Å². The van der Waals surface area contributed by atoms with Gasteiger partial charge in [-0.1, -0.05) is 19.9 Å². The SMILES string of the molecule is CC1CCC(NC(=O)c2cccc(S)c2)C1C. The Morgan fingerprint density at radius 2 is 2.12 bits per heavy atom. The van der Waals surface area contributed by atoms with Crippen molar-refractivity contribution in [2.45, 2.75) is 37.6 Å². The van der Waals surface area contributed by atoms with Gasteiger partial charge in [-0.2, -0.15) is 0 Å². The van der Waals surface area contributed by atoms with Crippen LogP contribution in [0.4, 0.5) is 0 Å². The van der Waals surface area contributed by atoms with Gasteiger partial charge in [-0.05, 0) is 42.9 Å². The molecular formula is C14H19NOS. The van der Waals surface area contributed by atoms with E-state index in [0.29, 0.717) is 23.4 Å². The van der Waals surface area contributed by atoms with Crippen molar-refractivity contribution < 1.29 is 4.79 Å². The Balaban J connectivity index is 2.02. The molecule has 0 radical (unpaired) electrons. The van der Waals surface area contributed by atoms with Crippen LogP contribution in [0.1, 0.15) is 37.0 Å². The summed E-state index contributed by atoms with van der Waals surface area (Å²) >= 11 is 4.25. The second kappa shape index (κ2) is 5.13. The number of hydrogen-bond acceptors (Lipinski definition) is 2. The molecule has 2 rings (SSSR count). The third-order valence-corrected chi connectivity index (χ3v) is 4.17. The van der Waals surface area contributed by atoms with E-state index in [0.717, 1.165) is 11.3 Å². The van der Waals surface area contributed by atoms with E-state index in [2.05, 4.69) is 31.8 Å². The molecule has 1 N–H and O–H groups in total. The number of rotatable bonds is 2. The normalized spacial score (nSPS) is 28.1. The highest BCUT2D eigenvalue weighted by molar-refractivity contribution is 7.80. The van der Waals surface area contributed by atoms with E-state index >= 15 is 0 Å². The highest BCUT2D eigenvalue weighted by Gasteiger charge is 2.30. The van der Waals surface area contributed by atoms with Crippen molar-refractivity contribution in [3.63, 3.8) is 0 Å². The fourth-order valence-corrected chi connectivity index (χ4v) is 2.69. The van der Waals surface area contributed by atoms with Gasteiger partial charge in [-0.15, -0.1) is 12.6 Å². The number of nitrogens with one attached hydrogen (secondary N) is 1. The summed E-state index contributed by atoms with van der Waals surface area (Å²) in [4.78, 5) is 12.9. The van der Waals surface area contributed by atoms with Crippen molar-refractivity contribution in [1.82, 2.24) is 5.32 Å². The standard InChI is InChI=1S/C14H19NOS/c1-9-6-7-13(10(9)2)15-14(16)11-4-3-5-12(17)8-11/h3-5,8-10,13,17H,6-7H2,1-2H3,(H,15,16). The average molecular weight is 249 g/mol. The van der Waals surface area contributed by atoms with Crippen LogP contribution in [-0.2, 0) is 0 Å². The van der Waals surface area contributed by atoms with Crippen LogP contribution in [0.2, 0.25) is 0 Å². The van der Waals surface area contributed by atoms with Crippen LogP contribution in [-0.4, -0.2) is 11.9 Å². The van der Waals surface area contributed by atoms with Crippen molar-refractivity contribution >= 4 is 18.5 Å². The van der Waals surface area contributed by atoms with Gasteiger partial charge in [0, 0.05) is 16.5 Å². The predicted molar refractivity (Wildman–Crippen MR) is 72.5 cm³/mol. The average Bonchev–Trinajstić information content (AvgIpc) is 2.61. The Hall–Kier alpha value is -0.960. The fraction of sp³-hybridized carbons (Fsp3) is 0.500. The molecule has 1 aromatic carbocycles. The third-order valence-electron chi connectivity index (χ3n) is 3.89. The highest BCUT2D eigenvalue weighted by Crippen LogP contribution is 2.31. The van der Waals surface area contributed by atoms with E-state index in [4.69, 9.17) is 0 Å². The van der Waals surface area contributed by atoms with Crippen LogP contribution in [0.25, 0.3) is 0 Å². The lowest BCUT2D eigenvalue weighted by molar-refractivity contribution is 0.0927. The van der Waals surface area contributed by atoms with Crippen molar-refractivity contribution in [2.24, 2.45) is 11.8 Å². The second-order valence-electron chi connectivity index (χ2n) is 5.04. The van der Waals surface area contributed by atoms with Gasteiger partial charge in [0.25, 0.3) is 5.91 Å². The summed E-state index contributed by atoms with van der Waals surface area (Å²) in [5, 5.41) is 3.13. The largest absolute Gasteiger partial charge is 0.349 e. The van der Waals surface area contributed by atoms with Crippen LogP contribution in [0.5, 0.6) is 0 Å². The number of benzene rings is 1. The lowest BCUT2D eigenvalue weighted by Gasteiger charge is -2.19. The van der Waals surface area contributed by atoms with Gasteiger partial charge < -0.3 is 5.32 Å². The summed E-state index contributed by atoms with van der Waals surface area (Å²) < 4.78 is 0. The van der Waals surface area contributed by atoms with E-state index in [1.165, 1.54) is 6.42 Å². The number of thiol groups is 1. The molecule has 0 bridgehead atoms. The zero-order valence-electron chi connectivity index (χ0n) is 10.3. The smallest absolute Gasteiger partial charge is 0.251 e. The summed E-state index contributed by atoms with van der Waals surface area (Å²) in [6.07, 6.45) is 2.30. The molecule has 0 heterocycles. The molecule has 92 valence electrons. The molecule has 1 aromatic rings. The number of carbonyl (C=O) groups excluding carboxylic acids is 1. The Bertz CT molecular complexity index is 418. The molecule has 1 amide bonds. The van der Waals surface area contributed by atoms with Crippen LogP contribution in [0.3, 0.4) is 0 Å². The minimum Gasteiger partial charge on any atom is -0.349 e. The molecule has 2 nitrogen and oxygen atoms in total. The maximum atomic E-state index is 12.1. The van der Waals surface area contributed by atoms with Crippen LogP contribution in [0.15, 0.2) is 29.2 Å². The monoisotopic (exact) mass is 249 g/mol. The summed E-state index contributed by atoms with van der Waals surface area (Å²) in [6, 6.07) is 7.69. The number of carbonyl (C=O) groups is 1. The minimum atomic E-state index is 0.0202. The van der Waals surface area contributed by atoms with Crippen LogP contribution >= 0.6 is 12.6 Å². The highest BCUT2D eigenvalue weighted by atomic mass is 32.1. The van der Waals surface area contributed by atoms with Crippen molar-refractivity contribution in [1.29, 1.82) is 0 Å². The summed E-state index contributed by atoms with van der Waals surface area (Å²) in [7, 11) is 0. The van der Waals surface area contributed by atoms with Gasteiger partial charge in [-0.3, -0.25) is 4.79 Å². The van der Waals surface area contributed by atoms with Crippen molar-refractivity contribution in [3.05, 3.63) is 29.8 Å². The summed E-state index contributed by atoms with van der Waals surface area (Å²) in [6.45, 7) is 4.48. The molecule has 1 fully saturated rings. The quantitative estimate of drug-likeness (QED) is 0.775. The van der Waals surface area contributed by atoms with E-state index in [1.54, 1.807) is 0 Å². The van der Waals surface area contributed by atoms with Crippen LogP contribution < -0.4 is 5.32 Å². The zero-order chi connectivity index (χ0) is 12.4. The first-order valence-corrected chi connectivity index (χ1v) is 6.62. The second-order valence-corrected chi connectivity index (χ2v) is 5.56. The molecule has 3 unspecified atom stereocenters. The number of amides is 1. The third kappa shape index (κ3) is 2.83. The molecule has 0 spiro atoms. The molecule has 1 aliphatic rings. The van der Waals surface area contributed by atoms with Gasteiger partial charge in [-0.25, -0.2) is 0 Å². The molecule has 17 heavy (non-hydrogen) atoms. The van der Waals surface area contributed by atoms with Crippen molar-refractivity contribution in [3.8, 4) is 0 Å². The van der Waals surface area contributed by atoms with Gasteiger partial charge in [0.1, 0.15) is 0 Å². The van der Waals surface area contributed by atoms with E-state index in [9.17, 15) is 4.79 Å². The Kier molecular flexibility index (Phi) is 3.77. The van der Waals surface area contributed by atoms with Gasteiger partial charge in [0.05, 0.1) is 0 Å². The van der Waals surface area contributed by atoms with Gasteiger partial charge in [0.2, 0.25) is 0 Å². The molecule has 3 heteroatoms. The Labute approximate surface area is 108 Å². The fourth-order valence-electron chi connectivity index (χ4n) is 2.47. The first-order chi connectivity index (χ1) is 8.08. The Morgan fingerprint density at radius 3 is 2.71 bits per heavy atom. The lowest BCUT2D eigenvalue weighted by Crippen LogP contribution is -2.37. The summed E-state index contributed by atoms with van der Waals surface area (Å²) in [5.41, 5.74) is 0.698. The van der Waals surface area contributed by atoms with Crippen LogP contribution in [0, 0.1) is 11.8 Å². The first-order valence-electron chi connectivity index (χ1n) is 6.18. The first kappa shape index (κ1) is 12.5. The number of hydrogen-bond donors (Lipinski definition) is 2. The molecule has 1 aliphatic carbocycles. The molecule has 0 aliphatic heterocycles. The summed E-state index contributed by atoms with van der Waals surface area (Å²) in [5.74, 6) is 1.29. The zero-order valence-corrected chi connectivity index (χ0v) is 11.2. The topological polar surface area (TPSA) is 29.1 Å². The molecule has 1 saturated carbocycles. The molecule has 0 aromatic heterocycles. The molecule has 0 saturated heterocycles. The predicted octanol–water partition coefficient (Wildman–Crippen LogP) is 3.14. The van der Waals surface area contributed by atoms with E-state index < -0.39 is 0 Å². The lowest BCUT2D eigenvalue weighted by atomic mass is 9.97. The van der Waals surface area contributed by atoms with Crippen molar-refractivity contribution in [2.75, 3.05) is 0 Å². The maximum Gasteiger partial charge on any atom is 0.251 e. The molecular weight excluding hydrogens is 230 g/mol.